The molecule has 1 saturated carbocycles. The zero-order valence-corrected chi connectivity index (χ0v) is 13.1. The first-order valence-corrected chi connectivity index (χ1v) is 7.51. The lowest BCUT2D eigenvalue weighted by Gasteiger charge is -2.36. The number of alkyl halides is 3. The molecule has 1 aliphatic rings. The molecule has 126 valence electrons. The second kappa shape index (κ2) is 8.01. The largest absolute Gasteiger partial charge is 0.392 e. The van der Waals surface area contributed by atoms with Gasteiger partial charge in [-0.1, -0.05) is 24.7 Å². The average Bonchev–Trinajstić information content (AvgIpc) is 2.57. The van der Waals surface area contributed by atoms with Crippen molar-refractivity contribution in [1.29, 1.82) is 10.5 Å². The number of nitriles is 2. The van der Waals surface area contributed by atoms with Crippen molar-refractivity contribution >= 4 is 5.71 Å². The number of nitrogens with zero attached hydrogens (tertiary/aromatic N) is 3. The molecular weight excluding hydrogens is 307 g/mol. The van der Waals surface area contributed by atoms with Gasteiger partial charge in [0, 0.05) is 5.92 Å². The van der Waals surface area contributed by atoms with E-state index < -0.39 is 23.4 Å². The zero-order chi connectivity index (χ0) is 17.5. The molecular formula is C16H20F3N3O. The maximum absolute atomic E-state index is 14.4. The lowest BCUT2D eigenvalue weighted by atomic mass is 9.73. The standard InChI is InChI=1S/C16H20F3N3O/c1-3-9-23-22-13-7-5-12(6-8-13)16(18,19)14(17)15(4-2,10-20)11-21/h3,12,14H,1,4-9H2,2H3. The van der Waals surface area contributed by atoms with Gasteiger partial charge in [-0.05, 0) is 32.1 Å². The number of hydrogen-bond donors (Lipinski definition) is 0. The number of rotatable bonds is 7. The van der Waals surface area contributed by atoms with Crippen LogP contribution in [0.15, 0.2) is 17.8 Å². The van der Waals surface area contributed by atoms with Crippen LogP contribution in [0.2, 0.25) is 0 Å². The van der Waals surface area contributed by atoms with Gasteiger partial charge in [0.25, 0.3) is 5.92 Å². The van der Waals surface area contributed by atoms with Crippen LogP contribution in [0, 0.1) is 34.0 Å². The first kappa shape index (κ1) is 19.0. The fourth-order valence-electron chi connectivity index (χ4n) is 2.62. The van der Waals surface area contributed by atoms with Crippen molar-refractivity contribution in [3.05, 3.63) is 12.7 Å². The van der Waals surface area contributed by atoms with E-state index in [-0.39, 0.29) is 38.7 Å². The van der Waals surface area contributed by atoms with E-state index in [2.05, 4.69) is 11.7 Å². The highest BCUT2D eigenvalue weighted by atomic mass is 19.3. The molecule has 0 bridgehead atoms. The van der Waals surface area contributed by atoms with Gasteiger partial charge >= 0.3 is 0 Å². The Hall–Kier alpha value is -2.02. The van der Waals surface area contributed by atoms with E-state index in [1.807, 2.05) is 0 Å². The first-order valence-electron chi connectivity index (χ1n) is 7.51. The van der Waals surface area contributed by atoms with Gasteiger partial charge in [-0.15, -0.1) is 0 Å². The number of oxime groups is 1. The molecule has 23 heavy (non-hydrogen) atoms. The summed E-state index contributed by atoms with van der Waals surface area (Å²) in [7, 11) is 0. The van der Waals surface area contributed by atoms with Crippen molar-refractivity contribution in [2.45, 2.75) is 51.1 Å². The molecule has 1 rings (SSSR count). The third-order valence-electron chi connectivity index (χ3n) is 4.22. The zero-order valence-electron chi connectivity index (χ0n) is 13.1. The van der Waals surface area contributed by atoms with Crippen molar-refractivity contribution in [3.8, 4) is 12.1 Å². The van der Waals surface area contributed by atoms with E-state index in [1.165, 1.54) is 25.1 Å². The molecule has 0 aromatic heterocycles. The summed E-state index contributed by atoms with van der Waals surface area (Å²) in [5.74, 6) is -4.95. The molecule has 7 heteroatoms. The fourth-order valence-corrected chi connectivity index (χ4v) is 2.62. The first-order chi connectivity index (χ1) is 10.9. The Labute approximate surface area is 134 Å². The quantitative estimate of drug-likeness (QED) is 0.401. The van der Waals surface area contributed by atoms with Gasteiger partial charge in [-0.25, -0.2) is 13.2 Å². The second-order valence-corrected chi connectivity index (χ2v) is 5.60. The molecule has 1 fully saturated rings. The van der Waals surface area contributed by atoms with Crippen LogP contribution < -0.4 is 0 Å². The SMILES string of the molecule is C=CCON=C1CCC(C(F)(F)C(F)C(C#N)(C#N)CC)CC1. The highest BCUT2D eigenvalue weighted by Crippen LogP contribution is 2.46. The van der Waals surface area contributed by atoms with Gasteiger partial charge in [-0.3, -0.25) is 0 Å². The van der Waals surface area contributed by atoms with Crippen LogP contribution in [0.1, 0.15) is 39.0 Å². The number of hydrogen-bond acceptors (Lipinski definition) is 4. The van der Waals surface area contributed by atoms with E-state index in [0.29, 0.717) is 5.71 Å². The second-order valence-electron chi connectivity index (χ2n) is 5.60. The summed E-state index contributed by atoms with van der Waals surface area (Å²) in [6, 6.07) is 2.87. The van der Waals surface area contributed by atoms with Crippen molar-refractivity contribution in [2.24, 2.45) is 16.5 Å². The Morgan fingerprint density at radius 3 is 2.39 bits per heavy atom. The number of halogens is 3. The maximum Gasteiger partial charge on any atom is 0.284 e. The third kappa shape index (κ3) is 4.04. The summed E-state index contributed by atoms with van der Waals surface area (Å²) < 4.78 is 43.2. The summed E-state index contributed by atoms with van der Waals surface area (Å²) >= 11 is 0. The van der Waals surface area contributed by atoms with Crippen LogP contribution in [0.25, 0.3) is 0 Å². The molecule has 0 amide bonds. The minimum Gasteiger partial charge on any atom is -0.392 e. The Bertz CT molecular complexity index is 510. The molecule has 1 aliphatic carbocycles. The van der Waals surface area contributed by atoms with E-state index in [0.717, 1.165) is 0 Å². The minimum absolute atomic E-state index is 0.0420. The average molecular weight is 327 g/mol. The topological polar surface area (TPSA) is 69.2 Å². The predicted molar refractivity (Wildman–Crippen MR) is 79.3 cm³/mol. The third-order valence-corrected chi connectivity index (χ3v) is 4.22. The molecule has 1 atom stereocenters. The Morgan fingerprint density at radius 2 is 1.96 bits per heavy atom. The van der Waals surface area contributed by atoms with Gasteiger partial charge in [0.15, 0.2) is 11.6 Å². The highest BCUT2D eigenvalue weighted by molar-refractivity contribution is 5.84. The monoisotopic (exact) mass is 327 g/mol. The summed E-state index contributed by atoms with van der Waals surface area (Å²) in [5.41, 5.74) is -1.66. The maximum atomic E-state index is 14.4. The molecule has 0 heterocycles. The Balaban J connectivity index is 2.79. The summed E-state index contributed by atoms with van der Waals surface area (Å²) in [6.07, 6.45) is -0.932. The fraction of sp³-hybridized carbons (Fsp3) is 0.688. The molecule has 0 aromatic rings. The van der Waals surface area contributed by atoms with Crippen LogP contribution in [-0.4, -0.2) is 24.4 Å². The summed E-state index contributed by atoms with van der Waals surface area (Å²) in [4.78, 5) is 4.92. The van der Waals surface area contributed by atoms with Crippen molar-refractivity contribution < 1.29 is 18.0 Å². The molecule has 0 saturated heterocycles. The van der Waals surface area contributed by atoms with Crippen LogP contribution in [0.4, 0.5) is 13.2 Å². The van der Waals surface area contributed by atoms with Crippen molar-refractivity contribution in [3.63, 3.8) is 0 Å². The molecule has 0 N–H and O–H groups in total. The summed E-state index contributed by atoms with van der Waals surface area (Å²) in [5, 5.41) is 21.8. The van der Waals surface area contributed by atoms with E-state index in [4.69, 9.17) is 15.4 Å². The highest BCUT2D eigenvalue weighted by Gasteiger charge is 2.58. The Kier molecular flexibility index (Phi) is 6.62. The van der Waals surface area contributed by atoms with Gasteiger partial charge < -0.3 is 4.84 Å². The van der Waals surface area contributed by atoms with Gasteiger partial charge in [-0.2, -0.15) is 10.5 Å². The predicted octanol–water partition coefficient (Wildman–Crippen LogP) is 4.15. The van der Waals surface area contributed by atoms with Crippen LogP contribution >= 0.6 is 0 Å². The molecule has 0 aromatic carbocycles. The van der Waals surface area contributed by atoms with Crippen molar-refractivity contribution in [2.75, 3.05) is 6.61 Å². The van der Waals surface area contributed by atoms with Crippen LogP contribution in [-0.2, 0) is 4.84 Å². The molecule has 0 spiro atoms. The van der Waals surface area contributed by atoms with E-state index in [1.54, 1.807) is 0 Å². The molecule has 4 nitrogen and oxygen atoms in total. The summed E-state index contributed by atoms with van der Waals surface area (Å²) in [6.45, 7) is 5.06. The van der Waals surface area contributed by atoms with Crippen LogP contribution in [0.3, 0.4) is 0 Å². The minimum atomic E-state index is -3.73. The van der Waals surface area contributed by atoms with Gasteiger partial charge in [0.2, 0.25) is 0 Å². The van der Waals surface area contributed by atoms with Gasteiger partial charge in [0.1, 0.15) is 6.61 Å². The smallest absolute Gasteiger partial charge is 0.284 e. The van der Waals surface area contributed by atoms with Crippen molar-refractivity contribution in [1.82, 2.24) is 0 Å². The lowest BCUT2D eigenvalue weighted by Crippen LogP contribution is -2.48. The molecule has 0 aliphatic heterocycles. The normalized spacial score (nSPS) is 20.1. The molecule has 0 radical (unpaired) electrons. The lowest BCUT2D eigenvalue weighted by molar-refractivity contribution is -0.145. The van der Waals surface area contributed by atoms with Gasteiger partial charge in [0.05, 0.1) is 17.9 Å². The molecule has 1 unspecified atom stereocenters. The van der Waals surface area contributed by atoms with Crippen LogP contribution in [0.5, 0.6) is 0 Å². The Morgan fingerprint density at radius 1 is 1.39 bits per heavy atom. The van der Waals surface area contributed by atoms with E-state index >= 15 is 0 Å². The van der Waals surface area contributed by atoms with E-state index in [9.17, 15) is 13.2 Å².